The Balaban J connectivity index is 0.00000208. The van der Waals surface area contributed by atoms with Crippen LogP contribution >= 0.6 is 12.4 Å². The third kappa shape index (κ3) is 4.02. The van der Waals surface area contributed by atoms with Gasteiger partial charge in [0.15, 0.2) is 0 Å². The molecule has 1 aromatic carbocycles. The number of fused-ring (bicyclic) bond motifs is 1. The van der Waals surface area contributed by atoms with Crippen molar-refractivity contribution in [2.75, 3.05) is 30.7 Å². The third-order valence-corrected chi connectivity index (χ3v) is 6.51. The second-order valence-electron chi connectivity index (χ2n) is 6.10. The van der Waals surface area contributed by atoms with Gasteiger partial charge in [-0.05, 0) is 49.9 Å². The number of amides is 1. The Morgan fingerprint density at radius 3 is 2.71 bits per heavy atom. The highest BCUT2D eigenvalue weighted by Crippen LogP contribution is 2.23. The maximum atomic E-state index is 12.4. The third-order valence-electron chi connectivity index (χ3n) is 4.62. The molecule has 2 N–H and O–H groups in total. The molecule has 0 bridgehead atoms. The zero-order valence-corrected chi connectivity index (χ0v) is 15.4. The molecule has 1 fully saturated rings. The van der Waals surface area contributed by atoms with Crippen LogP contribution in [-0.4, -0.2) is 50.1 Å². The zero-order valence-electron chi connectivity index (χ0n) is 13.7. The summed E-state index contributed by atoms with van der Waals surface area (Å²) in [5.74, 6) is 0.0594. The quantitative estimate of drug-likeness (QED) is 0.840. The van der Waals surface area contributed by atoms with Crippen molar-refractivity contribution < 1.29 is 13.2 Å². The van der Waals surface area contributed by atoms with Crippen molar-refractivity contribution in [2.24, 2.45) is 0 Å². The standard InChI is InChI=1S/C16H23N3O3S.ClH/c1-2-23(21,22)19-9-6-14(7-10-19)18-16(20)13-3-4-15-12(11-13)5-8-17-15;/h3-4,11,14,17H,2,5-10H2,1H3,(H,18,20);1H. The highest BCUT2D eigenvalue weighted by atomic mass is 35.5. The summed E-state index contributed by atoms with van der Waals surface area (Å²) in [4.78, 5) is 12.4. The summed E-state index contributed by atoms with van der Waals surface area (Å²) in [6.07, 6.45) is 2.28. The predicted molar refractivity (Wildman–Crippen MR) is 97.4 cm³/mol. The first-order valence-electron chi connectivity index (χ1n) is 8.15. The van der Waals surface area contributed by atoms with Crippen molar-refractivity contribution in [1.82, 2.24) is 9.62 Å². The van der Waals surface area contributed by atoms with Crippen LogP contribution in [0.25, 0.3) is 0 Å². The first-order valence-corrected chi connectivity index (χ1v) is 9.76. The number of carbonyl (C=O) groups is 1. The number of sulfonamides is 1. The Morgan fingerprint density at radius 1 is 1.33 bits per heavy atom. The van der Waals surface area contributed by atoms with E-state index in [4.69, 9.17) is 0 Å². The van der Waals surface area contributed by atoms with Crippen molar-refractivity contribution in [3.63, 3.8) is 0 Å². The van der Waals surface area contributed by atoms with Gasteiger partial charge in [-0.1, -0.05) is 0 Å². The lowest BCUT2D eigenvalue weighted by atomic mass is 10.0. The molecule has 0 unspecified atom stereocenters. The monoisotopic (exact) mass is 373 g/mol. The van der Waals surface area contributed by atoms with Crippen molar-refractivity contribution >= 4 is 34.0 Å². The molecule has 24 heavy (non-hydrogen) atoms. The fraction of sp³-hybridized carbons (Fsp3) is 0.562. The summed E-state index contributed by atoms with van der Waals surface area (Å²) in [6.45, 7) is 3.54. The minimum absolute atomic E-state index is 0. The van der Waals surface area contributed by atoms with Crippen LogP contribution in [0.1, 0.15) is 35.7 Å². The minimum atomic E-state index is -3.12. The fourth-order valence-electron chi connectivity index (χ4n) is 3.18. The normalized spacial score (nSPS) is 18.4. The van der Waals surface area contributed by atoms with Crippen LogP contribution in [0.4, 0.5) is 5.69 Å². The van der Waals surface area contributed by atoms with Gasteiger partial charge in [0.1, 0.15) is 0 Å². The second-order valence-corrected chi connectivity index (χ2v) is 8.35. The van der Waals surface area contributed by atoms with E-state index in [1.807, 2.05) is 18.2 Å². The minimum Gasteiger partial charge on any atom is -0.384 e. The summed E-state index contributed by atoms with van der Waals surface area (Å²) in [5.41, 5.74) is 2.97. The molecule has 2 heterocycles. The number of nitrogens with zero attached hydrogens (tertiary/aromatic N) is 1. The molecule has 2 aliphatic rings. The van der Waals surface area contributed by atoms with E-state index in [-0.39, 0.29) is 30.1 Å². The van der Waals surface area contributed by atoms with Gasteiger partial charge in [0, 0.05) is 36.9 Å². The second kappa shape index (κ2) is 7.72. The lowest BCUT2D eigenvalue weighted by molar-refractivity contribution is 0.0924. The molecule has 0 spiro atoms. The van der Waals surface area contributed by atoms with Gasteiger partial charge >= 0.3 is 0 Å². The highest BCUT2D eigenvalue weighted by molar-refractivity contribution is 7.89. The highest BCUT2D eigenvalue weighted by Gasteiger charge is 2.27. The van der Waals surface area contributed by atoms with Crippen molar-refractivity contribution in [3.05, 3.63) is 29.3 Å². The number of anilines is 1. The van der Waals surface area contributed by atoms with Gasteiger partial charge in [-0.15, -0.1) is 12.4 Å². The summed E-state index contributed by atoms with van der Waals surface area (Å²) < 4.78 is 25.2. The first-order chi connectivity index (χ1) is 11.0. The average Bonchev–Trinajstić information content (AvgIpc) is 3.03. The molecule has 8 heteroatoms. The number of halogens is 1. The van der Waals surface area contributed by atoms with Gasteiger partial charge in [-0.25, -0.2) is 12.7 Å². The summed E-state index contributed by atoms with van der Waals surface area (Å²) >= 11 is 0. The summed E-state index contributed by atoms with van der Waals surface area (Å²) in [5, 5.41) is 6.31. The number of hydrogen-bond acceptors (Lipinski definition) is 4. The van der Waals surface area contributed by atoms with Crippen LogP contribution in [0.3, 0.4) is 0 Å². The van der Waals surface area contributed by atoms with E-state index in [2.05, 4.69) is 10.6 Å². The molecule has 6 nitrogen and oxygen atoms in total. The molecule has 1 saturated heterocycles. The SMILES string of the molecule is CCS(=O)(=O)N1CCC(NC(=O)c2ccc3c(c2)CCN3)CC1.Cl. The number of benzene rings is 1. The Bertz CT molecular complexity index is 701. The molecule has 2 aliphatic heterocycles. The molecule has 0 aliphatic carbocycles. The van der Waals surface area contributed by atoms with E-state index in [1.165, 1.54) is 9.87 Å². The topological polar surface area (TPSA) is 78.5 Å². The summed E-state index contributed by atoms with van der Waals surface area (Å²) in [7, 11) is -3.12. The predicted octanol–water partition coefficient (Wildman–Crippen LogP) is 1.62. The lowest BCUT2D eigenvalue weighted by Crippen LogP contribution is -2.46. The Kier molecular flexibility index (Phi) is 6.11. The van der Waals surface area contributed by atoms with Crippen LogP contribution in [0.2, 0.25) is 0 Å². The van der Waals surface area contributed by atoms with E-state index in [0.29, 0.717) is 31.5 Å². The maximum Gasteiger partial charge on any atom is 0.251 e. The van der Waals surface area contributed by atoms with E-state index < -0.39 is 10.0 Å². The fourth-order valence-corrected chi connectivity index (χ4v) is 4.31. The van der Waals surface area contributed by atoms with Crippen LogP contribution < -0.4 is 10.6 Å². The number of piperidine rings is 1. The molecule has 0 saturated carbocycles. The zero-order chi connectivity index (χ0) is 16.4. The number of carbonyl (C=O) groups excluding carboxylic acids is 1. The van der Waals surface area contributed by atoms with E-state index in [1.54, 1.807) is 6.92 Å². The molecule has 0 aromatic heterocycles. The molecule has 1 aromatic rings. The van der Waals surface area contributed by atoms with Gasteiger partial charge in [-0.3, -0.25) is 4.79 Å². The molecule has 134 valence electrons. The number of hydrogen-bond donors (Lipinski definition) is 2. The smallest absolute Gasteiger partial charge is 0.251 e. The van der Waals surface area contributed by atoms with Crippen LogP contribution in [-0.2, 0) is 16.4 Å². The lowest BCUT2D eigenvalue weighted by Gasteiger charge is -2.31. The van der Waals surface area contributed by atoms with Crippen molar-refractivity contribution in [3.8, 4) is 0 Å². The average molecular weight is 374 g/mol. The number of nitrogens with one attached hydrogen (secondary N) is 2. The van der Waals surface area contributed by atoms with Gasteiger partial charge in [-0.2, -0.15) is 0 Å². The maximum absolute atomic E-state index is 12.4. The van der Waals surface area contributed by atoms with Crippen molar-refractivity contribution in [2.45, 2.75) is 32.2 Å². The Morgan fingerprint density at radius 2 is 2.04 bits per heavy atom. The van der Waals surface area contributed by atoms with Crippen LogP contribution in [0, 0.1) is 0 Å². The van der Waals surface area contributed by atoms with E-state index >= 15 is 0 Å². The molecular formula is C16H24ClN3O3S. The molecular weight excluding hydrogens is 350 g/mol. The molecule has 1 amide bonds. The van der Waals surface area contributed by atoms with E-state index in [0.717, 1.165) is 18.7 Å². The molecule has 0 atom stereocenters. The van der Waals surface area contributed by atoms with Gasteiger partial charge in [0.2, 0.25) is 10.0 Å². The van der Waals surface area contributed by atoms with Gasteiger partial charge in [0.25, 0.3) is 5.91 Å². The Labute approximate surface area is 149 Å². The van der Waals surface area contributed by atoms with Gasteiger partial charge < -0.3 is 10.6 Å². The van der Waals surface area contributed by atoms with Gasteiger partial charge in [0.05, 0.1) is 5.75 Å². The Hall–Kier alpha value is -1.31. The summed E-state index contributed by atoms with van der Waals surface area (Å²) in [6, 6.07) is 5.77. The van der Waals surface area contributed by atoms with Crippen LogP contribution in [0.15, 0.2) is 18.2 Å². The first kappa shape index (κ1) is 19.0. The molecule has 3 rings (SSSR count). The largest absolute Gasteiger partial charge is 0.384 e. The van der Waals surface area contributed by atoms with Crippen LogP contribution in [0.5, 0.6) is 0 Å². The van der Waals surface area contributed by atoms with E-state index in [9.17, 15) is 13.2 Å². The van der Waals surface area contributed by atoms with Crippen molar-refractivity contribution in [1.29, 1.82) is 0 Å². The number of rotatable bonds is 4. The molecule has 0 radical (unpaired) electrons.